The van der Waals surface area contributed by atoms with Gasteiger partial charge in [-0.05, 0) is 31.5 Å². The van der Waals surface area contributed by atoms with Crippen molar-refractivity contribution in [2.75, 3.05) is 19.0 Å². The molecule has 0 radical (unpaired) electrons. The topological polar surface area (TPSA) is 84.2 Å². The summed E-state index contributed by atoms with van der Waals surface area (Å²) in [6.45, 7) is 4.11. The average Bonchev–Trinajstić information content (AvgIpc) is 3.15. The van der Waals surface area contributed by atoms with E-state index in [4.69, 9.17) is 9.51 Å². The number of aromatic nitrogens is 3. The summed E-state index contributed by atoms with van der Waals surface area (Å²) in [5.74, 6) is 0.205. The summed E-state index contributed by atoms with van der Waals surface area (Å²) in [4.78, 5) is 23.3. The molecule has 2 heterocycles. The zero-order chi connectivity index (χ0) is 23.5. The Kier molecular flexibility index (Phi) is 6.17. The van der Waals surface area contributed by atoms with Crippen molar-refractivity contribution in [1.82, 2.24) is 20.4 Å². The van der Waals surface area contributed by atoms with Gasteiger partial charge in [0.1, 0.15) is 5.82 Å². The molecule has 0 aliphatic rings. The van der Waals surface area contributed by atoms with E-state index in [0.29, 0.717) is 11.7 Å². The van der Waals surface area contributed by atoms with Gasteiger partial charge in [-0.3, -0.25) is 4.79 Å². The van der Waals surface area contributed by atoms with E-state index in [2.05, 4.69) is 15.5 Å². The fourth-order valence-electron chi connectivity index (χ4n) is 3.34. The van der Waals surface area contributed by atoms with Crippen LogP contribution in [0.5, 0.6) is 0 Å². The average molecular weight is 445 g/mol. The standard InChI is InChI=1S/C25H24FN5O2/c1-15-16(2)30-33-23(15)20-14-28-25(31(3)4)29-22(20)18-11-9-17(10-12-18)13-27-24(32)19-7-5-6-8-21(19)26/h5-12,14H,13H2,1-4H3,(H,27,32). The fraction of sp³-hybridized carbons (Fsp3) is 0.200. The van der Waals surface area contributed by atoms with Gasteiger partial charge in [0, 0.05) is 38.0 Å². The Morgan fingerprint density at radius 1 is 1.09 bits per heavy atom. The third kappa shape index (κ3) is 4.59. The maximum absolute atomic E-state index is 13.8. The molecule has 0 aliphatic heterocycles. The lowest BCUT2D eigenvalue weighted by molar-refractivity contribution is 0.0947. The predicted octanol–water partition coefficient (Wildman–Crippen LogP) is 4.55. The van der Waals surface area contributed by atoms with E-state index in [9.17, 15) is 9.18 Å². The van der Waals surface area contributed by atoms with Gasteiger partial charge in [-0.15, -0.1) is 0 Å². The minimum Gasteiger partial charge on any atom is -0.356 e. The van der Waals surface area contributed by atoms with Crippen molar-refractivity contribution >= 4 is 11.9 Å². The molecule has 0 bridgehead atoms. The molecule has 0 atom stereocenters. The van der Waals surface area contributed by atoms with Crippen LogP contribution in [0.25, 0.3) is 22.6 Å². The quantitative estimate of drug-likeness (QED) is 0.469. The number of carbonyl (C=O) groups is 1. The predicted molar refractivity (Wildman–Crippen MR) is 124 cm³/mol. The molecule has 0 saturated carbocycles. The lowest BCUT2D eigenvalue weighted by atomic mass is 10.0. The van der Waals surface area contributed by atoms with Crippen molar-refractivity contribution in [3.8, 4) is 22.6 Å². The van der Waals surface area contributed by atoms with E-state index in [-0.39, 0.29) is 12.1 Å². The summed E-state index contributed by atoms with van der Waals surface area (Å²) in [6.07, 6.45) is 1.74. The van der Waals surface area contributed by atoms with Crippen molar-refractivity contribution < 1.29 is 13.7 Å². The van der Waals surface area contributed by atoms with Crippen molar-refractivity contribution in [2.24, 2.45) is 0 Å². The third-order valence-electron chi connectivity index (χ3n) is 5.38. The maximum Gasteiger partial charge on any atom is 0.254 e. The van der Waals surface area contributed by atoms with Crippen molar-refractivity contribution in [2.45, 2.75) is 20.4 Å². The number of hydrogen-bond acceptors (Lipinski definition) is 6. The molecule has 2 aromatic carbocycles. The number of rotatable bonds is 6. The first-order chi connectivity index (χ1) is 15.8. The molecular formula is C25H24FN5O2. The third-order valence-corrected chi connectivity index (χ3v) is 5.38. The zero-order valence-electron chi connectivity index (χ0n) is 18.9. The molecule has 0 spiro atoms. The summed E-state index contributed by atoms with van der Waals surface area (Å²) >= 11 is 0. The lowest BCUT2D eigenvalue weighted by Gasteiger charge is -2.14. The summed E-state index contributed by atoms with van der Waals surface area (Å²) in [7, 11) is 3.76. The van der Waals surface area contributed by atoms with E-state index >= 15 is 0 Å². The van der Waals surface area contributed by atoms with Crippen LogP contribution >= 0.6 is 0 Å². The van der Waals surface area contributed by atoms with Gasteiger partial charge < -0.3 is 14.7 Å². The first-order valence-electron chi connectivity index (χ1n) is 10.4. The van der Waals surface area contributed by atoms with Crippen molar-refractivity contribution in [3.63, 3.8) is 0 Å². The zero-order valence-corrected chi connectivity index (χ0v) is 18.9. The Morgan fingerprint density at radius 3 is 2.45 bits per heavy atom. The molecule has 168 valence electrons. The highest BCUT2D eigenvalue weighted by Crippen LogP contribution is 2.34. The van der Waals surface area contributed by atoms with Gasteiger partial charge in [0.25, 0.3) is 5.91 Å². The van der Waals surface area contributed by atoms with Crippen LogP contribution in [0.4, 0.5) is 10.3 Å². The summed E-state index contributed by atoms with van der Waals surface area (Å²) in [5.41, 5.74) is 4.98. The first-order valence-corrected chi connectivity index (χ1v) is 10.4. The molecular weight excluding hydrogens is 421 g/mol. The van der Waals surface area contributed by atoms with Gasteiger partial charge in [-0.1, -0.05) is 41.6 Å². The molecule has 0 saturated heterocycles. The minimum atomic E-state index is -0.545. The summed E-state index contributed by atoms with van der Waals surface area (Å²) < 4.78 is 19.4. The Morgan fingerprint density at radius 2 is 1.82 bits per heavy atom. The molecule has 0 unspecified atom stereocenters. The van der Waals surface area contributed by atoms with Crippen LogP contribution in [0.15, 0.2) is 59.3 Å². The van der Waals surface area contributed by atoms with Crippen molar-refractivity contribution in [1.29, 1.82) is 0 Å². The Labute approximate surface area is 191 Å². The van der Waals surface area contributed by atoms with Gasteiger partial charge >= 0.3 is 0 Å². The molecule has 0 fully saturated rings. The highest BCUT2D eigenvalue weighted by atomic mass is 19.1. The lowest BCUT2D eigenvalue weighted by Crippen LogP contribution is -2.23. The van der Waals surface area contributed by atoms with Crippen LogP contribution in [0, 0.1) is 19.7 Å². The fourth-order valence-corrected chi connectivity index (χ4v) is 3.34. The van der Waals surface area contributed by atoms with Gasteiger partial charge in [0.15, 0.2) is 5.76 Å². The van der Waals surface area contributed by atoms with Crippen molar-refractivity contribution in [3.05, 3.63) is 82.9 Å². The maximum atomic E-state index is 13.8. The number of nitrogens with zero attached hydrogens (tertiary/aromatic N) is 4. The van der Waals surface area contributed by atoms with E-state index in [1.165, 1.54) is 12.1 Å². The second kappa shape index (κ2) is 9.20. The summed E-state index contributed by atoms with van der Waals surface area (Å²) in [5, 5.41) is 6.82. The highest BCUT2D eigenvalue weighted by molar-refractivity contribution is 5.94. The number of benzene rings is 2. The number of hydrogen-bond donors (Lipinski definition) is 1. The second-order valence-electron chi connectivity index (χ2n) is 7.91. The Bertz CT molecular complexity index is 1300. The number of anilines is 1. The number of nitrogens with one attached hydrogen (secondary N) is 1. The smallest absolute Gasteiger partial charge is 0.254 e. The van der Waals surface area contributed by atoms with Crippen LogP contribution in [-0.4, -0.2) is 35.1 Å². The minimum absolute atomic E-state index is 0.0219. The molecule has 1 N–H and O–H groups in total. The van der Waals surface area contributed by atoms with E-state index in [1.54, 1.807) is 18.3 Å². The number of halogens is 1. The van der Waals surface area contributed by atoms with Crippen LogP contribution in [-0.2, 0) is 6.54 Å². The Balaban J connectivity index is 1.60. The highest BCUT2D eigenvalue weighted by Gasteiger charge is 2.19. The summed E-state index contributed by atoms with van der Waals surface area (Å²) in [6, 6.07) is 13.6. The number of carbonyl (C=O) groups excluding carboxylic acids is 1. The second-order valence-corrected chi connectivity index (χ2v) is 7.91. The first kappa shape index (κ1) is 22.1. The van der Waals surface area contributed by atoms with E-state index in [1.807, 2.05) is 57.1 Å². The molecule has 1 amide bonds. The number of amides is 1. The molecule has 2 aromatic heterocycles. The van der Waals surface area contributed by atoms with Crippen LogP contribution in [0.2, 0.25) is 0 Å². The largest absolute Gasteiger partial charge is 0.356 e. The molecule has 33 heavy (non-hydrogen) atoms. The van der Waals surface area contributed by atoms with Crippen LogP contribution in [0.1, 0.15) is 27.2 Å². The monoisotopic (exact) mass is 445 g/mol. The molecule has 4 rings (SSSR count). The van der Waals surface area contributed by atoms with Gasteiger partial charge in [0.2, 0.25) is 5.95 Å². The molecule has 0 aliphatic carbocycles. The van der Waals surface area contributed by atoms with Crippen LogP contribution < -0.4 is 10.2 Å². The normalized spacial score (nSPS) is 10.8. The number of aryl methyl sites for hydroxylation is 1. The van der Waals surface area contributed by atoms with E-state index < -0.39 is 11.7 Å². The van der Waals surface area contributed by atoms with Gasteiger partial charge in [-0.25, -0.2) is 14.4 Å². The Hall–Kier alpha value is -4.07. The molecule has 4 aromatic rings. The van der Waals surface area contributed by atoms with Gasteiger partial charge in [-0.2, -0.15) is 0 Å². The van der Waals surface area contributed by atoms with Gasteiger partial charge in [0.05, 0.1) is 22.5 Å². The van der Waals surface area contributed by atoms with E-state index in [0.717, 1.165) is 33.6 Å². The van der Waals surface area contributed by atoms with Crippen LogP contribution in [0.3, 0.4) is 0 Å². The molecule has 8 heteroatoms. The SMILES string of the molecule is Cc1noc(-c2cnc(N(C)C)nc2-c2ccc(CNC(=O)c3ccccc3F)cc2)c1C. The molecule has 7 nitrogen and oxygen atoms in total.